The van der Waals surface area contributed by atoms with Crippen LogP contribution in [-0.2, 0) is 0 Å². The monoisotopic (exact) mass is 224 g/mol. The normalized spacial score (nSPS) is 9.88. The maximum absolute atomic E-state index is 10.9. The maximum Gasteiger partial charge on any atom is 0.333 e. The summed E-state index contributed by atoms with van der Waals surface area (Å²) in [5, 5.41) is 13.7. The number of unbranched alkanes of at least 4 members (excludes halogenated alkanes) is 1. The Morgan fingerprint density at radius 2 is 2.25 bits per heavy atom. The van der Waals surface area contributed by atoms with Gasteiger partial charge in [0.05, 0.1) is 11.5 Å². The van der Waals surface area contributed by atoms with Gasteiger partial charge in [0.2, 0.25) is 0 Å². The van der Waals surface area contributed by atoms with Gasteiger partial charge in [0.15, 0.2) is 5.75 Å². The molecule has 0 amide bonds. The molecule has 0 radical (unpaired) electrons. The number of benzene rings is 1. The molecule has 1 N–H and O–H groups in total. The van der Waals surface area contributed by atoms with Crippen molar-refractivity contribution in [2.75, 3.05) is 19.0 Å². The molecule has 5 nitrogen and oxygen atoms in total. The molecule has 0 aliphatic carbocycles. The first-order chi connectivity index (χ1) is 7.70. The van der Waals surface area contributed by atoms with E-state index < -0.39 is 4.92 Å². The Balaban J connectivity index is 2.93. The van der Waals surface area contributed by atoms with Crippen LogP contribution in [0.25, 0.3) is 0 Å². The number of nitro groups is 1. The molecule has 0 atom stereocenters. The molecule has 0 spiro atoms. The molecule has 88 valence electrons. The zero-order valence-corrected chi connectivity index (χ0v) is 9.53. The summed E-state index contributed by atoms with van der Waals surface area (Å²) in [7, 11) is 1.65. The molecule has 1 aromatic rings. The first-order valence-corrected chi connectivity index (χ1v) is 5.28. The first kappa shape index (κ1) is 12.3. The second-order valence-corrected chi connectivity index (χ2v) is 3.36. The van der Waals surface area contributed by atoms with E-state index in [9.17, 15) is 10.1 Å². The number of nitrogens with one attached hydrogen (secondary N) is 1. The fraction of sp³-hybridized carbons (Fsp3) is 0.455. The molecular formula is C11H16N2O3. The van der Waals surface area contributed by atoms with Gasteiger partial charge in [0.1, 0.15) is 5.69 Å². The summed E-state index contributed by atoms with van der Waals surface area (Å²) in [6.45, 7) is 2.55. The number of ether oxygens (including phenoxy) is 1. The van der Waals surface area contributed by atoms with E-state index in [0.717, 1.165) is 12.8 Å². The van der Waals surface area contributed by atoms with Gasteiger partial charge >= 0.3 is 5.69 Å². The average molecular weight is 224 g/mol. The zero-order valence-electron chi connectivity index (χ0n) is 9.53. The van der Waals surface area contributed by atoms with Crippen LogP contribution in [0, 0.1) is 10.1 Å². The molecule has 0 unspecified atom stereocenters. The largest absolute Gasteiger partial charge is 0.487 e. The van der Waals surface area contributed by atoms with Gasteiger partial charge in [0.25, 0.3) is 0 Å². The van der Waals surface area contributed by atoms with E-state index in [1.54, 1.807) is 25.2 Å². The van der Waals surface area contributed by atoms with Crippen molar-refractivity contribution in [2.45, 2.75) is 19.8 Å². The molecule has 1 aromatic carbocycles. The third kappa shape index (κ3) is 2.85. The molecule has 0 bridgehead atoms. The van der Waals surface area contributed by atoms with Crippen LogP contribution in [0.4, 0.5) is 11.4 Å². The van der Waals surface area contributed by atoms with Gasteiger partial charge in [-0.25, -0.2) is 0 Å². The highest BCUT2D eigenvalue weighted by Crippen LogP contribution is 2.34. The van der Waals surface area contributed by atoms with E-state index in [1.807, 2.05) is 6.92 Å². The van der Waals surface area contributed by atoms with E-state index in [2.05, 4.69) is 5.32 Å². The summed E-state index contributed by atoms with van der Waals surface area (Å²) in [4.78, 5) is 10.5. The van der Waals surface area contributed by atoms with Gasteiger partial charge < -0.3 is 10.1 Å². The van der Waals surface area contributed by atoms with Crippen LogP contribution in [0.1, 0.15) is 19.8 Å². The number of rotatable bonds is 6. The lowest BCUT2D eigenvalue weighted by molar-refractivity contribution is -0.384. The molecule has 0 fully saturated rings. The third-order valence-electron chi connectivity index (χ3n) is 2.21. The van der Waals surface area contributed by atoms with Crippen molar-refractivity contribution in [2.24, 2.45) is 0 Å². The Labute approximate surface area is 94.6 Å². The molecule has 0 heterocycles. The Morgan fingerprint density at radius 3 is 2.81 bits per heavy atom. The molecule has 0 aliphatic rings. The molecule has 5 heteroatoms. The van der Waals surface area contributed by atoms with Crippen LogP contribution in [0.3, 0.4) is 0 Å². The van der Waals surface area contributed by atoms with E-state index in [1.165, 1.54) is 0 Å². The number of nitrogens with zero attached hydrogens (tertiary/aromatic N) is 1. The molecule has 0 saturated heterocycles. The summed E-state index contributed by atoms with van der Waals surface area (Å²) in [5.41, 5.74) is 0.472. The lowest BCUT2D eigenvalue weighted by Crippen LogP contribution is -2.02. The summed E-state index contributed by atoms with van der Waals surface area (Å²) in [6.07, 6.45) is 1.89. The highest BCUT2D eigenvalue weighted by Gasteiger charge is 2.19. The molecular weight excluding hydrogens is 208 g/mol. The second-order valence-electron chi connectivity index (χ2n) is 3.36. The minimum atomic E-state index is -0.423. The number of hydrogen-bond acceptors (Lipinski definition) is 4. The quantitative estimate of drug-likeness (QED) is 0.458. The number of hydrogen-bond donors (Lipinski definition) is 1. The van der Waals surface area contributed by atoms with Crippen LogP contribution >= 0.6 is 0 Å². The van der Waals surface area contributed by atoms with Crippen LogP contribution < -0.4 is 10.1 Å². The fourth-order valence-electron chi connectivity index (χ4n) is 1.36. The van der Waals surface area contributed by atoms with Crippen LogP contribution in [0.2, 0.25) is 0 Å². The number of anilines is 1. The predicted molar refractivity (Wildman–Crippen MR) is 63.0 cm³/mol. The van der Waals surface area contributed by atoms with Crippen LogP contribution in [-0.4, -0.2) is 18.6 Å². The van der Waals surface area contributed by atoms with Crippen molar-refractivity contribution in [1.29, 1.82) is 0 Å². The van der Waals surface area contributed by atoms with Gasteiger partial charge in [0, 0.05) is 7.05 Å². The van der Waals surface area contributed by atoms with E-state index in [-0.39, 0.29) is 5.69 Å². The molecule has 0 aliphatic heterocycles. The summed E-state index contributed by atoms with van der Waals surface area (Å²) in [5.74, 6) is 0.324. The molecule has 0 aromatic heterocycles. The zero-order chi connectivity index (χ0) is 12.0. The van der Waals surface area contributed by atoms with E-state index in [0.29, 0.717) is 18.0 Å². The third-order valence-corrected chi connectivity index (χ3v) is 2.21. The summed E-state index contributed by atoms with van der Waals surface area (Å²) < 4.78 is 5.40. The van der Waals surface area contributed by atoms with Crippen molar-refractivity contribution in [1.82, 2.24) is 0 Å². The molecule has 16 heavy (non-hydrogen) atoms. The van der Waals surface area contributed by atoms with Crippen LogP contribution in [0.5, 0.6) is 5.75 Å². The molecule has 0 saturated carbocycles. The number of para-hydroxylation sites is 1. The average Bonchev–Trinajstić information content (AvgIpc) is 2.28. The Kier molecular flexibility index (Phi) is 4.57. The lowest BCUT2D eigenvalue weighted by Gasteiger charge is -2.08. The Morgan fingerprint density at radius 1 is 1.50 bits per heavy atom. The van der Waals surface area contributed by atoms with Gasteiger partial charge in [-0.15, -0.1) is 0 Å². The van der Waals surface area contributed by atoms with Crippen molar-refractivity contribution < 1.29 is 9.66 Å². The van der Waals surface area contributed by atoms with E-state index >= 15 is 0 Å². The fourth-order valence-corrected chi connectivity index (χ4v) is 1.36. The second kappa shape index (κ2) is 5.95. The smallest absolute Gasteiger partial charge is 0.333 e. The highest BCUT2D eigenvalue weighted by molar-refractivity contribution is 5.68. The van der Waals surface area contributed by atoms with Gasteiger partial charge in [-0.3, -0.25) is 10.1 Å². The minimum Gasteiger partial charge on any atom is -0.487 e. The van der Waals surface area contributed by atoms with Gasteiger partial charge in [-0.2, -0.15) is 0 Å². The molecule has 1 rings (SSSR count). The highest BCUT2D eigenvalue weighted by atomic mass is 16.6. The Bertz CT molecular complexity index is 366. The SMILES string of the molecule is CCCCOc1cccc(NC)c1[N+](=O)[O-]. The van der Waals surface area contributed by atoms with Crippen molar-refractivity contribution in [3.63, 3.8) is 0 Å². The maximum atomic E-state index is 10.9. The summed E-state index contributed by atoms with van der Waals surface area (Å²) in [6, 6.07) is 5.01. The van der Waals surface area contributed by atoms with Crippen molar-refractivity contribution in [3.8, 4) is 5.75 Å². The van der Waals surface area contributed by atoms with Crippen molar-refractivity contribution >= 4 is 11.4 Å². The first-order valence-electron chi connectivity index (χ1n) is 5.28. The lowest BCUT2D eigenvalue weighted by atomic mass is 10.2. The standard InChI is InChI=1S/C11H16N2O3/c1-3-4-8-16-10-7-5-6-9(12-2)11(10)13(14)15/h5-7,12H,3-4,8H2,1-2H3. The Hall–Kier alpha value is -1.78. The van der Waals surface area contributed by atoms with E-state index in [4.69, 9.17) is 4.74 Å². The topological polar surface area (TPSA) is 64.4 Å². The number of nitro benzene ring substituents is 1. The van der Waals surface area contributed by atoms with Crippen LogP contribution in [0.15, 0.2) is 18.2 Å². The predicted octanol–water partition coefficient (Wildman–Crippen LogP) is 2.82. The van der Waals surface area contributed by atoms with Crippen molar-refractivity contribution in [3.05, 3.63) is 28.3 Å². The summed E-state index contributed by atoms with van der Waals surface area (Å²) >= 11 is 0. The minimum absolute atomic E-state index is 0.00102. The van der Waals surface area contributed by atoms with Gasteiger partial charge in [-0.05, 0) is 18.6 Å². The van der Waals surface area contributed by atoms with Gasteiger partial charge in [-0.1, -0.05) is 19.4 Å².